The highest BCUT2D eigenvalue weighted by atomic mass is 35.5. The van der Waals surface area contributed by atoms with Crippen molar-refractivity contribution in [2.45, 2.75) is 50.4 Å². The van der Waals surface area contributed by atoms with Crippen molar-refractivity contribution in [3.63, 3.8) is 0 Å². The molecule has 2 heterocycles. The van der Waals surface area contributed by atoms with Gasteiger partial charge in [-0.25, -0.2) is 0 Å². The third kappa shape index (κ3) is 5.06. The van der Waals surface area contributed by atoms with Gasteiger partial charge in [-0.05, 0) is 48.2 Å². The van der Waals surface area contributed by atoms with Crippen LogP contribution in [-0.4, -0.2) is 40.2 Å². The highest BCUT2D eigenvalue weighted by molar-refractivity contribution is 6.31. The molecule has 1 saturated heterocycles. The summed E-state index contributed by atoms with van der Waals surface area (Å²) >= 11 is 6.11. The zero-order chi connectivity index (χ0) is 28.1. The number of rotatable bonds is 4. The van der Waals surface area contributed by atoms with Crippen LogP contribution in [0.2, 0.25) is 5.02 Å². The molecule has 2 aliphatic heterocycles. The number of Topliss-reactive ketones (excluding diaryl/α,β-unsaturated/α-hetero) is 2. The van der Waals surface area contributed by atoms with E-state index in [1.54, 1.807) is 18.2 Å². The number of allylic oxidation sites excluding steroid dienone is 1. The van der Waals surface area contributed by atoms with E-state index < -0.39 is 47.1 Å². The lowest BCUT2D eigenvalue weighted by atomic mass is 9.80. The average Bonchev–Trinajstić information content (AvgIpc) is 3.20. The Hall–Kier alpha value is -3.99. The number of benzene rings is 2. The maximum Gasteiger partial charge on any atom is 0.416 e. The van der Waals surface area contributed by atoms with Gasteiger partial charge in [-0.3, -0.25) is 29.3 Å². The van der Waals surface area contributed by atoms with Gasteiger partial charge >= 0.3 is 6.18 Å². The molecule has 1 unspecified atom stereocenters. The smallest absolute Gasteiger partial charge is 0.361 e. The lowest BCUT2D eigenvalue weighted by Gasteiger charge is -2.29. The number of alkyl halides is 3. The first-order valence-electron chi connectivity index (χ1n) is 12.1. The molecular weight excluding hydrogens is 539 g/mol. The summed E-state index contributed by atoms with van der Waals surface area (Å²) in [6.45, 7) is 0.0881. The first kappa shape index (κ1) is 26.6. The number of nitrogens with zero attached hydrogens (tertiary/aromatic N) is 1. The fraction of sp³-hybridized carbons (Fsp3) is 0.296. The summed E-state index contributed by atoms with van der Waals surface area (Å²) in [7, 11) is 0. The minimum atomic E-state index is -4.60. The van der Waals surface area contributed by atoms with Gasteiger partial charge in [-0.1, -0.05) is 17.7 Å². The van der Waals surface area contributed by atoms with E-state index in [0.29, 0.717) is 16.8 Å². The summed E-state index contributed by atoms with van der Waals surface area (Å²) in [6, 6.07) is 6.90. The first-order valence-corrected chi connectivity index (χ1v) is 12.5. The molecule has 1 aliphatic carbocycles. The molecule has 12 heteroatoms. The molecule has 3 aliphatic rings. The number of amides is 3. The van der Waals surface area contributed by atoms with E-state index in [9.17, 15) is 37.1 Å². The molecule has 3 amide bonds. The fourth-order valence-corrected chi connectivity index (χ4v) is 5.45. The van der Waals surface area contributed by atoms with E-state index in [1.807, 2.05) is 0 Å². The standard InChI is InChI=1S/C27H21ClF3N3O5/c28-19-5-4-14(27(29,30)31)10-16(19)13-8-22(35)17(23(36)9-13)11-32-20-3-1-2-15-18(20)12-34(26(15)39)21-6-7-24(37)33-25(21)38/h1-5,10-11,13,21,32H,6-9,12H2,(H,33,37,38). The van der Waals surface area contributed by atoms with E-state index in [4.69, 9.17) is 11.6 Å². The van der Waals surface area contributed by atoms with Gasteiger partial charge in [0, 0.05) is 53.8 Å². The Kier molecular flexibility index (Phi) is 6.79. The van der Waals surface area contributed by atoms with Crippen LogP contribution in [-0.2, 0) is 31.9 Å². The lowest BCUT2D eigenvalue weighted by Crippen LogP contribution is -2.52. The van der Waals surface area contributed by atoms with Gasteiger partial charge < -0.3 is 10.2 Å². The largest absolute Gasteiger partial charge is 0.416 e. The number of piperidine rings is 1. The quantitative estimate of drug-likeness (QED) is 0.331. The van der Waals surface area contributed by atoms with Gasteiger partial charge in [0.25, 0.3) is 5.91 Å². The molecule has 2 aromatic rings. The highest BCUT2D eigenvalue weighted by Gasteiger charge is 2.40. The molecule has 2 fully saturated rings. The molecule has 202 valence electrons. The zero-order valence-electron chi connectivity index (χ0n) is 20.2. The Bertz CT molecular complexity index is 1450. The number of ketones is 2. The molecule has 0 aromatic heterocycles. The third-order valence-electron chi connectivity index (χ3n) is 7.18. The SMILES string of the molecule is O=C1CCC(N2Cc3c(NC=C4C(=O)CC(c5cc(C(F)(F)F)ccc5Cl)CC4=O)cccc3C2=O)C(=O)N1. The van der Waals surface area contributed by atoms with E-state index in [0.717, 1.165) is 18.2 Å². The number of hydrogen-bond donors (Lipinski definition) is 2. The molecule has 39 heavy (non-hydrogen) atoms. The molecule has 0 spiro atoms. The summed E-state index contributed by atoms with van der Waals surface area (Å²) in [4.78, 5) is 63.9. The van der Waals surface area contributed by atoms with Crippen molar-refractivity contribution in [2.24, 2.45) is 0 Å². The average molecular weight is 560 g/mol. The van der Waals surface area contributed by atoms with Crippen molar-refractivity contribution < 1.29 is 37.1 Å². The molecule has 0 bridgehead atoms. The predicted octanol–water partition coefficient (Wildman–Crippen LogP) is 4.13. The van der Waals surface area contributed by atoms with Crippen LogP contribution in [0.3, 0.4) is 0 Å². The Labute approximate surface area is 225 Å². The van der Waals surface area contributed by atoms with Crippen molar-refractivity contribution in [3.8, 4) is 0 Å². The van der Waals surface area contributed by atoms with Gasteiger partial charge in [0.05, 0.1) is 11.1 Å². The normalized spacial score (nSPS) is 21.7. The van der Waals surface area contributed by atoms with E-state index in [1.165, 1.54) is 11.1 Å². The molecular formula is C27H21ClF3N3O5. The molecule has 2 aromatic carbocycles. The number of fused-ring (bicyclic) bond motifs is 1. The van der Waals surface area contributed by atoms with Crippen LogP contribution in [0.1, 0.15) is 58.6 Å². The second-order valence-electron chi connectivity index (χ2n) is 9.62. The zero-order valence-corrected chi connectivity index (χ0v) is 21.0. The molecule has 8 nitrogen and oxygen atoms in total. The minimum Gasteiger partial charge on any atom is -0.361 e. The monoisotopic (exact) mass is 559 g/mol. The first-order chi connectivity index (χ1) is 18.4. The molecule has 1 atom stereocenters. The molecule has 1 saturated carbocycles. The van der Waals surface area contributed by atoms with Crippen molar-refractivity contribution in [2.75, 3.05) is 5.32 Å². The van der Waals surface area contributed by atoms with Crippen LogP contribution in [0, 0.1) is 0 Å². The number of nitrogens with one attached hydrogen (secondary N) is 2. The van der Waals surface area contributed by atoms with Crippen LogP contribution in [0.15, 0.2) is 48.2 Å². The van der Waals surface area contributed by atoms with Crippen molar-refractivity contribution in [3.05, 3.63) is 75.4 Å². The van der Waals surface area contributed by atoms with Crippen LogP contribution in [0.5, 0.6) is 0 Å². The topological polar surface area (TPSA) is 113 Å². The maximum atomic E-state index is 13.2. The Morgan fingerprint density at radius 3 is 2.41 bits per heavy atom. The van der Waals surface area contributed by atoms with Crippen LogP contribution < -0.4 is 10.6 Å². The number of anilines is 1. The van der Waals surface area contributed by atoms with Crippen LogP contribution >= 0.6 is 11.6 Å². The summed E-state index contributed by atoms with van der Waals surface area (Å²) in [5.41, 5.74) is 0.402. The number of imide groups is 1. The second kappa shape index (κ2) is 9.96. The second-order valence-corrected chi connectivity index (χ2v) is 10.0. The van der Waals surface area contributed by atoms with E-state index >= 15 is 0 Å². The minimum absolute atomic E-state index is 0.0456. The molecule has 0 radical (unpaired) electrons. The number of halogens is 4. The molecule has 5 rings (SSSR count). The number of hydrogen-bond acceptors (Lipinski definition) is 6. The van der Waals surface area contributed by atoms with Crippen LogP contribution in [0.25, 0.3) is 0 Å². The van der Waals surface area contributed by atoms with Crippen LogP contribution in [0.4, 0.5) is 18.9 Å². The van der Waals surface area contributed by atoms with Crippen molar-refractivity contribution in [1.82, 2.24) is 10.2 Å². The lowest BCUT2D eigenvalue weighted by molar-refractivity contribution is -0.138. The Morgan fingerprint density at radius 2 is 1.74 bits per heavy atom. The van der Waals surface area contributed by atoms with Gasteiger partial charge in [0.1, 0.15) is 6.04 Å². The molecule has 2 N–H and O–H groups in total. The highest BCUT2D eigenvalue weighted by Crippen LogP contribution is 2.39. The summed E-state index contributed by atoms with van der Waals surface area (Å²) < 4.78 is 39.5. The van der Waals surface area contributed by atoms with Gasteiger partial charge in [0.15, 0.2) is 11.6 Å². The van der Waals surface area contributed by atoms with Gasteiger partial charge in [-0.2, -0.15) is 13.2 Å². The van der Waals surface area contributed by atoms with E-state index in [-0.39, 0.29) is 54.3 Å². The number of carbonyl (C=O) groups is 5. The van der Waals surface area contributed by atoms with Crippen molar-refractivity contribution in [1.29, 1.82) is 0 Å². The number of carbonyl (C=O) groups excluding carboxylic acids is 5. The third-order valence-corrected chi connectivity index (χ3v) is 7.53. The van der Waals surface area contributed by atoms with Crippen molar-refractivity contribution >= 4 is 46.6 Å². The predicted molar refractivity (Wildman–Crippen MR) is 133 cm³/mol. The summed E-state index contributed by atoms with van der Waals surface area (Å²) in [5, 5.41) is 5.21. The summed E-state index contributed by atoms with van der Waals surface area (Å²) in [6.07, 6.45) is -3.43. The Morgan fingerprint density at radius 1 is 1.03 bits per heavy atom. The fourth-order valence-electron chi connectivity index (χ4n) is 5.18. The van der Waals surface area contributed by atoms with Gasteiger partial charge in [-0.15, -0.1) is 0 Å². The van der Waals surface area contributed by atoms with E-state index in [2.05, 4.69) is 10.6 Å². The maximum absolute atomic E-state index is 13.2. The summed E-state index contributed by atoms with van der Waals surface area (Å²) in [5.74, 6) is -3.21. The Balaban J connectivity index is 1.33. The van der Waals surface area contributed by atoms with Gasteiger partial charge in [0.2, 0.25) is 11.8 Å².